The Bertz CT molecular complexity index is 540. The van der Waals surface area contributed by atoms with Crippen molar-refractivity contribution >= 4 is 10.8 Å². The molecule has 90 valence electrons. The largest absolute Gasteiger partial charge is 0.387 e. The van der Waals surface area contributed by atoms with Crippen LogP contribution in [0, 0.1) is 6.92 Å². The lowest BCUT2D eigenvalue weighted by Gasteiger charge is -2.26. The van der Waals surface area contributed by atoms with Gasteiger partial charge in [0.05, 0.1) is 6.10 Å². The summed E-state index contributed by atoms with van der Waals surface area (Å²) in [4.78, 5) is 0. The van der Waals surface area contributed by atoms with Gasteiger partial charge in [0.15, 0.2) is 0 Å². The van der Waals surface area contributed by atoms with Gasteiger partial charge in [0.25, 0.3) is 0 Å². The molecule has 0 saturated heterocycles. The van der Waals surface area contributed by atoms with Crippen LogP contribution >= 0.6 is 0 Å². The summed E-state index contributed by atoms with van der Waals surface area (Å²) < 4.78 is 0. The van der Waals surface area contributed by atoms with Crippen molar-refractivity contribution in [2.24, 2.45) is 5.73 Å². The van der Waals surface area contributed by atoms with E-state index in [0.29, 0.717) is 0 Å². The monoisotopic (exact) mass is 229 g/mol. The molecule has 1 unspecified atom stereocenters. The molecule has 2 aromatic carbocycles. The third-order valence-electron chi connectivity index (χ3n) is 3.04. The second-order valence-corrected chi connectivity index (χ2v) is 5.33. The maximum Gasteiger partial charge on any atom is 0.0964 e. The Hall–Kier alpha value is -1.38. The number of nitrogens with two attached hydrogens (primary N) is 1. The van der Waals surface area contributed by atoms with E-state index in [-0.39, 0.29) is 0 Å². The minimum absolute atomic E-state index is 0.627. The van der Waals surface area contributed by atoms with Crippen molar-refractivity contribution in [1.29, 1.82) is 0 Å². The van der Waals surface area contributed by atoms with Gasteiger partial charge in [-0.25, -0.2) is 0 Å². The van der Waals surface area contributed by atoms with E-state index >= 15 is 0 Å². The van der Waals surface area contributed by atoms with Crippen LogP contribution in [0.1, 0.15) is 31.1 Å². The molecule has 0 aliphatic heterocycles. The number of hydrogen-bond acceptors (Lipinski definition) is 2. The van der Waals surface area contributed by atoms with Crippen LogP contribution in [-0.4, -0.2) is 10.6 Å². The maximum absolute atomic E-state index is 10.1. The molecule has 0 spiro atoms. The molecule has 2 nitrogen and oxygen atoms in total. The first kappa shape index (κ1) is 12.1. The van der Waals surface area contributed by atoms with E-state index < -0.39 is 11.6 Å². The van der Waals surface area contributed by atoms with E-state index in [1.54, 1.807) is 0 Å². The zero-order valence-corrected chi connectivity index (χ0v) is 10.6. The second kappa shape index (κ2) is 4.13. The van der Waals surface area contributed by atoms with Gasteiger partial charge in [0.1, 0.15) is 0 Å². The lowest BCUT2D eigenvalue weighted by molar-refractivity contribution is 0.105. The molecule has 0 amide bonds. The summed E-state index contributed by atoms with van der Waals surface area (Å²) in [5.74, 6) is 0. The van der Waals surface area contributed by atoms with E-state index in [4.69, 9.17) is 5.73 Å². The van der Waals surface area contributed by atoms with Crippen molar-refractivity contribution in [1.82, 2.24) is 0 Å². The van der Waals surface area contributed by atoms with Crippen LogP contribution in [0.2, 0.25) is 0 Å². The number of fused-ring (bicyclic) bond motifs is 1. The van der Waals surface area contributed by atoms with E-state index in [9.17, 15) is 5.11 Å². The molecule has 1 atom stereocenters. The van der Waals surface area contributed by atoms with Crippen molar-refractivity contribution < 1.29 is 5.11 Å². The Kier molecular flexibility index (Phi) is 2.94. The normalized spacial score (nSPS) is 13.9. The number of rotatable bonds is 2. The summed E-state index contributed by atoms with van der Waals surface area (Å²) in [6.45, 7) is 5.74. The first-order chi connectivity index (χ1) is 7.88. The fourth-order valence-electron chi connectivity index (χ4n) is 1.98. The lowest BCUT2D eigenvalue weighted by Crippen LogP contribution is -2.39. The molecule has 2 heteroatoms. The Morgan fingerprint density at radius 2 is 1.65 bits per heavy atom. The van der Waals surface area contributed by atoms with Crippen molar-refractivity contribution in [3.8, 4) is 0 Å². The molecule has 0 bridgehead atoms. The highest BCUT2D eigenvalue weighted by Gasteiger charge is 2.24. The van der Waals surface area contributed by atoms with E-state index in [2.05, 4.69) is 25.1 Å². The molecule has 0 saturated carbocycles. The Labute approximate surface area is 102 Å². The van der Waals surface area contributed by atoms with Crippen LogP contribution in [0.3, 0.4) is 0 Å². The van der Waals surface area contributed by atoms with Crippen LogP contribution in [0.5, 0.6) is 0 Å². The predicted molar refractivity (Wildman–Crippen MR) is 71.9 cm³/mol. The summed E-state index contributed by atoms with van der Waals surface area (Å²) in [5, 5.41) is 12.5. The highest BCUT2D eigenvalue weighted by molar-refractivity contribution is 5.83. The Morgan fingerprint density at radius 1 is 1.06 bits per heavy atom. The number of aliphatic hydroxyl groups is 1. The van der Waals surface area contributed by atoms with Gasteiger partial charge in [-0.05, 0) is 43.2 Å². The van der Waals surface area contributed by atoms with Crippen LogP contribution in [0.15, 0.2) is 36.4 Å². The van der Waals surface area contributed by atoms with Gasteiger partial charge in [0, 0.05) is 5.54 Å². The molecule has 3 N–H and O–H groups in total. The van der Waals surface area contributed by atoms with Gasteiger partial charge < -0.3 is 10.8 Å². The first-order valence-electron chi connectivity index (χ1n) is 5.85. The maximum atomic E-state index is 10.1. The minimum Gasteiger partial charge on any atom is -0.387 e. The molecule has 0 aliphatic rings. The summed E-state index contributed by atoms with van der Waals surface area (Å²) in [6, 6.07) is 12.3. The molecule has 0 aromatic heterocycles. The zero-order valence-electron chi connectivity index (χ0n) is 10.6. The van der Waals surface area contributed by atoms with E-state index in [0.717, 1.165) is 10.9 Å². The topological polar surface area (TPSA) is 46.2 Å². The van der Waals surface area contributed by atoms with Crippen LogP contribution in [0.25, 0.3) is 10.8 Å². The zero-order chi connectivity index (χ0) is 12.6. The van der Waals surface area contributed by atoms with Gasteiger partial charge in [-0.2, -0.15) is 0 Å². The number of benzene rings is 2. The quantitative estimate of drug-likeness (QED) is 0.831. The summed E-state index contributed by atoms with van der Waals surface area (Å²) in [6.07, 6.45) is -0.645. The standard InChI is InChI=1S/C15H19NO/c1-10-4-5-12-9-13(7-6-11(12)8-10)14(17)15(2,3)16/h4-9,14,17H,16H2,1-3H3. The van der Waals surface area contributed by atoms with Gasteiger partial charge >= 0.3 is 0 Å². The van der Waals surface area contributed by atoms with E-state index in [1.165, 1.54) is 10.9 Å². The molecule has 0 radical (unpaired) electrons. The van der Waals surface area contributed by atoms with Crippen LogP contribution in [-0.2, 0) is 0 Å². The van der Waals surface area contributed by atoms with Crippen molar-refractivity contribution in [2.45, 2.75) is 32.4 Å². The summed E-state index contributed by atoms with van der Waals surface area (Å²) >= 11 is 0. The summed E-state index contributed by atoms with van der Waals surface area (Å²) in [5.41, 5.74) is 7.41. The second-order valence-electron chi connectivity index (χ2n) is 5.33. The van der Waals surface area contributed by atoms with Gasteiger partial charge in [0.2, 0.25) is 0 Å². The van der Waals surface area contributed by atoms with Crippen molar-refractivity contribution in [2.75, 3.05) is 0 Å². The first-order valence-corrected chi connectivity index (χ1v) is 5.85. The fraction of sp³-hybridized carbons (Fsp3) is 0.333. The average Bonchev–Trinajstić information content (AvgIpc) is 2.26. The molecule has 2 rings (SSSR count). The predicted octanol–water partition coefficient (Wildman–Crippen LogP) is 2.92. The highest BCUT2D eigenvalue weighted by atomic mass is 16.3. The fourth-order valence-corrected chi connectivity index (χ4v) is 1.98. The molecule has 0 fully saturated rings. The van der Waals surface area contributed by atoms with E-state index in [1.807, 2.05) is 32.0 Å². The van der Waals surface area contributed by atoms with Crippen LogP contribution < -0.4 is 5.73 Å². The van der Waals surface area contributed by atoms with Gasteiger partial charge in [-0.1, -0.05) is 35.9 Å². The van der Waals surface area contributed by atoms with Crippen molar-refractivity contribution in [3.05, 3.63) is 47.5 Å². The summed E-state index contributed by atoms with van der Waals surface area (Å²) in [7, 11) is 0. The van der Waals surface area contributed by atoms with Gasteiger partial charge in [-0.3, -0.25) is 0 Å². The van der Waals surface area contributed by atoms with Crippen LogP contribution in [0.4, 0.5) is 0 Å². The van der Waals surface area contributed by atoms with Crippen molar-refractivity contribution in [3.63, 3.8) is 0 Å². The molecular formula is C15H19NO. The number of aryl methyl sites for hydroxylation is 1. The molecule has 0 heterocycles. The number of aliphatic hydroxyl groups excluding tert-OH is 1. The molecule has 17 heavy (non-hydrogen) atoms. The van der Waals surface area contributed by atoms with Gasteiger partial charge in [-0.15, -0.1) is 0 Å². The third kappa shape index (κ3) is 2.48. The molecule has 2 aromatic rings. The Morgan fingerprint density at radius 3 is 2.29 bits per heavy atom. The molecular weight excluding hydrogens is 210 g/mol. The molecule has 0 aliphatic carbocycles. The lowest BCUT2D eigenvalue weighted by atomic mass is 9.91. The average molecular weight is 229 g/mol. The SMILES string of the molecule is Cc1ccc2cc(C(O)C(C)(C)N)ccc2c1. The Balaban J connectivity index is 2.48. The number of hydrogen-bond donors (Lipinski definition) is 2. The third-order valence-corrected chi connectivity index (χ3v) is 3.04. The smallest absolute Gasteiger partial charge is 0.0964 e. The highest BCUT2D eigenvalue weighted by Crippen LogP contribution is 2.26. The minimum atomic E-state index is -0.645.